The number of halogens is 2. The van der Waals surface area contributed by atoms with E-state index in [1.165, 1.54) is 12.3 Å². The zero-order valence-corrected chi connectivity index (χ0v) is 18.5. The van der Waals surface area contributed by atoms with Crippen molar-refractivity contribution >= 4 is 45.8 Å². The van der Waals surface area contributed by atoms with E-state index in [0.717, 1.165) is 22.5 Å². The van der Waals surface area contributed by atoms with Gasteiger partial charge >= 0.3 is 5.97 Å². The average molecular weight is 531 g/mol. The van der Waals surface area contributed by atoms with Crippen molar-refractivity contribution in [2.24, 2.45) is 0 Å². The second-order valence-corrected chi connectivity index (χ2v) is 7.93. The number of rotatable bonds is 6. The van der Waals surface area contributed by atoms with Crippen molar-refractivity contribution in [2.45, 2.75) is 6.54 Å². The van der Waals surface area contributed by atoms with Crippen LogP contribution in [0.3, 0.4) is 0 Å². The molecule has 0 aliphatic heterocycles. The van der Waals surface area contributed by atoms with Crippen molar-refractivity contribution < 1.29 is 9.90 Å². The number of benzene rings is 2. The highest BCUT2D eigenvalue weighted by atomic mass is 127. The Bertz CT molecular complexity index is 1190. The summed E-state index contributed by atoms with van der Waals surface area (Å²) in [5.74, 6) is -1.00. The molecular weight excluding hydrogens is 515 g/mol. The first-order valence-corrected chi connectivity index (χ1v) is 10.5. The third-order valence-corrected chi connectivity index (χ3v) is 5.59. The van der Waals surface area contributed by atoms with Gasteiger partial charge < -0.3 is 10.4 Å². The number of carboxylic acid groups (broad SMARTS) is 1. The maximum absolute atomic E-state index is 11.6. The van der Waals surface area contributed by atoms with E-state index in [2.05, 4.69) is 10.3 Å². The Kier molecular flexibility index (Phi) is 6.01. The van der Waals surface area contributed by atoms with Gasteiger partial charge in [-0.3, -0.25) is 0 Å². The summed E-state index contributed by atoms with van der Waals surface area (Å²) < 4.78 is 2.41. The number of hydrogen-bond acceptors (Lipinski definition) is 4. The minimum absolute atomic E-state index is 0.179. The molecule has 6 nitrogen and oxygen atoms in total. The lowest BCUT2D eigenvalue weighted by Crippen LogP contribution is -2.09. The van der Waals surface area contributed by atoms with Gasteiger partial charge in [0.15, 0.2) is 0 Å². The fraction of sp³-hybridized carbons (Fsp3) is 0.0455. The van der Waals surface area contributed by atoms with Crippen molar-refractivity contribution in [3.8, 4) is 16.9 Å². The molecule has 0 unspecified atom stereocenters. The van der Waals surface area contributed by atoms with Crippen molar-refractivity contribution in [3.63, 3.8) is 0 Å². The quantitative estimate of drug-likeness (QED) is 0.254. The summed E-state index contributed by atoms with van der Waals surface area (Å²) >= 11 is 8.07. The molecule has 0 spiro atoms. The minimum atomic E-state index is -1.00. The first kappa shape index (κ1) is 20.4. The predicted molar refractivity (Wildman–Crippen MR) is 125 cm³/mol. The SMILES string of the molecule is O=C(O)c1ccnc(I)c1NCc1cn(-c2ccccc2)nc1-c1ccc(Cl)cc1. The number of nitrogens with zero attached hydrogens (tertiary/aromatic N) is 3. The van der Waals surface area contributed by atoms with Crippen LogP contribution in [0.25, 0.3) is 16.9 Å². The highest BCUT2D eigenvalue weighted by molar-refractivity contribution is 14.1. The normalized spacial score (nSPS) is 10.7. The molecule has 2 aromatic heterocycles. The van der Waals surface area contributed by atoms with Gasteiger partial charge in [0.05, 0.1) is 22.6 Å². The fourth-order valence-electron chi connectivity index (χ4n) is 3.07. The Balaban J connectivity index is 1.73. The molecule has 2 N–H and O–H groups in total. The second kappa shape index (κ2) is 8.85. The Morgan fingerprint density at radius 2 is 1.83 bits per heavy atom. The Hall–Kier alpha value is -2.91. The van der Waals surface area contributed by atoms with Crippen LogP contribution in [-0.4, -0.2) is 25.8 Å². The van der Waals surface area contributed by atoms with Gasteiger partial charge in [-0.25, -0.2) is 14.5 Å². The van der Waals surface area contributed by atoms with Crippen molar-refractivity contribution in [1.82, 2.24) is 14.8 Å². The third kappa shape index (κ3) is 4.31. The fourth-order valence-corrected chi connectivity index (χ4v) is 3.84. The first-order valence-electron chi connectivity index (χ1n) is 9.04. The third-order valence-electron chi connectivity index (χ3n) is 4.52. The summed E-state index contributed by atoms with van der Waals surface area (Å²) in [6.45, 7) is 0.382. The van der Waals surface area contributed by atoms with E-state index in [1.54, 1.807) is 0 Å². The Morgan fingerprint density at radius 3 is 2.53 bits per heavy atom. The van der Waals surface area contributed by atoms with Gasteiger partial charge in [-0.05, 0) is 52.9 Å². The van der Waals surface area contributed by atoms with E-state index in [-0.39, 0.29) is 5.56 Å². The number of para-hydroxylation sites is 1. The monoisotopic (exact) mass is 530 g/mol. The van der Waals surface area contributed by atoms with Gasteiger partial charge in [-0.15, -0.1) is 0 Å². The topological polar surface area (TPSA) is 80.0 Å². The zero-order chi connectivity index (χ0) is 21.1. The molecule has 0 fully saturated rings. The largest absolute Gasteiger partial charge is 0.478 e. The molecule has 0 aliphatic carbocycles. The van der Waals surface area contributed by atoms with E-state index >= 15 is 0 Å². The van der Waals surface area contributed by atoms with E-state index < -0.39 is 5.97 Å². The van der Waals surface area contributed by atoms with E-state index in [0.29, 0.717) is 21.0 Å². The number of pyridine rings is 1. The highest BCUT2D eigenvalue weighted by Crippen LogP contribution is 2.27. The van der Waals surface area contributed by atoms with Crippen LogP contribution in [0, 0.1) is 3.70 Å². The summed E-state index contributed by atoms with van der Waals surface area (Å²) in [4.78, 5) is 15.8. The number of aromatic carboxylic acids is 1. The summed E-state index contributed by atoms with van der Waals surface area (Å²) in [7, 11) is 0. The van der Waals surface area contributed by atoms with Crippen molar-refractivity contribution in [2.75, 3.05) is 5.32 Å². The maximum atomic E-state index is 11.6. The van der Waals surface area contributed by atoms with E-state index in [4.69, 9.17) is 16.7 Å². The molecular formula is C22H16ClIN4O2. The van der Waals surface area contributed by atoms with Gasteiger partial charge in [-0.1, -0.05) is 41.9 Å². The van der Waals surface area contributed by atoms with Gasteiger partial charge in [-0.2, -0.15) is 5.10 Å². The Morgan fingerprint density at radius 1 is 1.10 bits per heavy atom. The summed E-state index contributed by atoms with van der Waals surface area (Å²) in [5, 5.41) is 18.2. The maximum Gasteiger partial charge on any atom is 0.337 e. The zero-order valence-electron chi connectivity index (χ0n) is 15.6. The molecule has 0 saturated carbocycles. The molecule has 0 saturated heterocycles. The molecule has 0 aliphatic rings. The molecule has 0 radical (unpaired) electrons. The van der Waals surface area contributed by atoms with Gasteiger partial charge in [0, 0.05) is 35.1 Å². The number of carboxylic acids is 1. The molecule has 2 heterocycles. The predicted octanol–water partition coefficient (Wildman–Crippen LogP) is 5.50. The van der Waals surface area contributed by atoms with Crippen LogP contribution < -0.4 is 5.32 Å². The standard InChI is InChI=1S/C22H16ClIN4O2/c23-16-8-6-14(7-9-16)19-15(13-28(27-19)17-4-2-1-3-5-17)12-26-20-18(22(29)30)10-11-25-21(20)24/h1-11,13,26H,12H2,(H,29,30). The van der Waals surface area contributed by atoms with Crippen LogP contribution >= 0.6 is 34.2 Å². The Labute approximate surface area is 191 Å². The smallest absolute Gasteiger partial charge is 0.337 e. The van der Waals surface area contributed by atoms with Crippen LogP contribution in [-0.2, 0) is 6.54 Å². The van der Waals surface area contributed by atoms with Crippen LogP contribution in [0.1, 0.15) is 15.9 Å². The van der Waals surface area contributed by atoms with Gasteiger partial charge in [0.25, 0.3) is 0 Å². The van der Waals surface area contributed by atoms with E-state index in [9.17, 15) is 9.90 Å². The number of aromatic nitrogens is 3. The van der Waals surface area contributed by atoms with Crippen molar-refractivity contribution in [1.29, 1.82) is 0 Å². The number of nitrogens with one attached hydrogen (secondary N) is 1. The lowest BCUT2D eigenvalue weighted by molar-refractivity contribution is 0.0697. The molecule has 2 aromatic carbocycles. The number of carbonyl (C=O) groups is 1. The van der Waals surface area contributed by atoms with Crippen LogP contribution in [0.2, 0.25) is 5.02 Å². The number of anilines is 1. The molecule has 4 aromatic rings. The molecule has 4 rings (SSSR count). The molecule has 0 amide bonds. The van der Waals surface area contributed by atoms with Crippen LogP contribution in [0.15, 0.2) is 73.1 Å². The first-order chi connectivity index (χ1) is 14.5. The molecule has 8 heteroatoms. The number of hydrogen-bond donors (Lipinski definition) is 2. The molecule has 30 heavy (non-hydrogen) atoms. The molecule has 0 atom stereocenters. The van der Waals surface area contributed by atoms with Gasteiger partial charge in [0.2, 0.25) is 0 Å². The summed E-state index contributed by atoms with van der Waals surface area (Å²) in [6, 6.07) is 18.8. The lowest BCUT2D eigenvalue weighted by Gasteiger charge is -2.11. The molecule has 0 bridgehead atoms. The summed E-state index contributed by atoms with van der Waals surface area (Å²) in [6.07, 6.45) is 3.43. The summed E-state index contributed by atoms with van der Waals surface area (Å²) in [5.41, 5.74) is 4.22. The lowest BCUT2D eigenvalue weighted by atomic mass is 10.1. The van der Waals surface area contributed by atoms with Crippen molar-refractivity contribution in [3.05, 3.63) is 92.9 Å². The second-order valence-electron chi connectivity index (χ2n) is 6.47. The molecule has 150 valence electrons. The van der Waals surface area contributed by atoms with Crippen LogP contribution in [0.4, 0.5) is 5.69 Å². The average Bonchev–Trinajstić information content (AvgIpc) is 3.18. The van der Waals surface area contributed by atoms with Crippen LogP contribution in [0.5, 0.6) is 0 Å². The minimum Gasteiger partial charge on any atom is -0.478 e. The highest BCUT2D eigenvalue weighted by Gasteiger charge is 2.17. The van der Waals surface area contributed by atoms with E-state index in [1.807, 2.05) is 88.1 Å². The van der Waals surface area contributed by atoms with Gasteiger partial charge in [0.1, 0.15) is 3.70 Å².